The van der Waals surface area contributed by atoms with Crippen molar-refractivity contribution in [3.05, 3.63) is 99.7 Å². The van der Waals surface area contributed by atoms with Gasteiger partial charge < -0.3 is 77.0 Å². The van der Waals surface area contributed by atoms with Gasteiger partial charge >= 0.3 is 5.69 Å². The number of nitrogens with one attached hydrogen (secondary N) is 5. The first-order valence-corrected chi connectivity index (χ1v) is 19.8. The summed E-state index contributed by atoms with van der Waals surface area (Å²) in [4.78, 5) is 86.0. The molecule has 1 aliphatic rings. The Balaban J connectivity index is 0.000000401. The monoisotopic (exact) mass is 950 g/mol. The second-order valence-electron chi connectivity index (χ2n) is 14.2. The highest BCUT2D eigenvalue weighted by Gasteiger charge is 2.35. The Bertz CT molecular complexity index is 2670. The summed E-state index contributed by atoms with van der Waals surface area (Å²) in [5.74, 6) is -2.40. The number of nitrogens with zero attached hydrogens (tertiary/aromatic N) is 8. The van der Waals surface area contributed by atoms with Crippen molar-refractivity contribution in [3.63, 3.8) is 0 Å². The van der Waals surface area contributed by atoms with Crippen LogP contribution in [0.2, 0.25) is 0 Å². The van der Waals surface area contributed by atoms with E-state index in [0.717, 1.165) is 4.57 Å². The zero-order chi connectivity index (χ0) is 47.0. The van der Waals surface area contributed by atoms with Gasteiger partial charge in [-0.05, 0) is 40.2 Å². The van der Waals surface area contributed by atoms with Gasteiger partial charge in [-0.2, -0.15) is 4.98 Å². The number of anilines is 5. The quantitative estimate of drug-likeness (QED) is 0.0291. The number of aromatic nitrogens is 7. The molecule has 5 aromatic rings. The number of rotatable bonds is 14. The van der Waals surface area contributed by atoms with E-state index in [9.17, 15) is 33.9 Å². The van der Waals surface area contributed by atoms with Gasteiger partial charge in [0.15, 0.2) is 5.96 Å². The molecular formula is C38H47BrN16O9. The third-order valence-electron chi connectivity index (χ3n) is 9.36. The third-order valence-corrected chi connectivity index (χ3v) is 9.72. The molecule has 1 fully saturated rings. The lowest BCUT2D eigenvalue weighted by Gasteiger charge is -2.13. The van der Waals surface area contributed by atoms with E-state index in [0.29, 0.717) is 28.4 Å². The van der Waals surface area contributed by atoms with Gasteiger partial charge in [0.2, 0.25) is 5.95 Å². The van der Waals surface area contributed by atoms with Crippen LogP contribution in [0.5, 0.6) is 0 Å². The van der Waals surface area contributed by atoms with Crippen molar-refractivity contribution >= 4 is 80.1 Å². The minimum absolute atomic E-state index is 0.0713. The van der Waals surface area contributed by atoms with E-state index in [1.165, 1.54) is 30.6 Å². The highest BCUT2D eigenvalue weighted by atomic mass is 79.9. The van der Waals surface area contributed by atoms with Crippen molar-refractivity contribution < 1.29 is 38.9 Å². The summed E-state index contributed by atoms with van der Waals surface area (Å²) in [5, 5.41) is 32.0. The molecule has 6 rings (SSSR count). The molecule has 0 radical (unpaired) electrons. The summed E-state index contributed by atoms with van der Waals surface area (Å²) < 4.78 is 12.8. The Morgan fingerprint density at radius 1 is 0.812 bits per heavy atom. The minimum Gasteiger partial charge on any atom is -0.394 e. The van der Waals surface area contributed by atoms with Gasteiger partial charge in [0.05, 0.1) is 46.5 Å². The summed E-state index contributed by atoms with van der Waals surface area (Å²) >= 11 is 3.01. The summed E-state index contributed by atoms with van der Waals surface area (Å²) in [5.41, 5.74) is 17.8. The Labute approximate surface area is 372 Å². The molecule has 0 aliphatic carbocycles. The lowest BCUT2D eigenvalue weighted by Crippen LogP contribution is -2.29. The predicted molar refractivity (Wildman–Crippen MR) is 238 cm³/mol. The molecule has 340 valence electrons. The maximum absolute atomic E-state index is 13.2. The van der Waals surface area contributed by atoms with E-state index in [-0.39, 0.29) is 65.5 Å². The van der Waals surface area contributed by atoms with Crippen LogP contribution < -0.4 is 49.5 Å². The molecule has 0 unspecified atom stereocenters. The molecule has 26 heteroatoms. The van der Waals surface area contributed by atoms with Crippen LogP contribution in [0.1, 0.15) is 54.6 Å². The first-order chi connectivity index (χ1) is 30.2. The van der Waals surface area contributed by atoms with Crippen molar-refractivity contribution in [2.75, 3.05) is 46.7 Å². The van der Waals surface area contributed by atoms with Crippen molar-refractivity contribution in [3.8, 4) is 0 Å². The maximum Gasteiger partial charge on any atom is 0.354 e. The Morgan fingerprint density at radius 3 is 1.64 bits per heavy atom. The van der Waals surface area contributed by atoms with Gasteiger partial charge in [0, 0.05) is 65.9 Å². The molecule has 6 heterocycles. The van der Waals surface area contributed by atoms with Crippen LogP contribution in [0, 0.1) is 0 Å². The number of hydrogen-bond donors (Lipinski definition) is 10. The van der Waals surface area contributed by atoms with Gasteiger partial charge in [0.1, 0.15) is 41.4 Å². The van der Waals surface area contributed by atoms with Gasteiger partial charge in [-0.1, -0.05) is 6.58 Å². The Kier molecular flexibility index (Phi) is 15.2. The van der Waals surface area contributed by atoms with E-state index < -0.39 is 47.8 Å². The topological polar surface area (TPSA) is 353 Å². The lowest BCUT2D eigenvalue weighted by molar-refractivity contribution is -0.112. The lowest BCUT2D eigenvalue weighted by atomic mass is 10.2. The van der Waals surface area contributed by atoms with Crippen LogP contribution in [-0.2, 0) is 37.7 Å². The van der Waals surface area contributed by atoms with Crippen LogP contribution in [-0.4, -0.2) is 110 Å². The highest BCUT2D eigenvalue weighted by molar-refractivity contribution is 9.12. The minimum atomic E-state index is -0.806. The average molecular weight is 952 g/mol. The fraction of sp³-hybridized carbons (Fsp3) is 0.289. The van der Waals surface area contributed by atoms with Crippen molar-refractivity contribution in [2.45, 2.75) is 24.9 Å². The molecule has 13 N–H and O–H groups in total. The number of aryl methyl sites for hydroxylation is 4. The van der Waals surface area contributed by atoms with E-state index in [2.05, 4.69) is 64.1 Å². The zero-order valence-corrected chi connectivity index (χ0v) is 36.5. The average Bonchev–Trinajstić information content (AvgIpc) is 4.05. The van der Waals surface area contributed by atoms with E-state index in [4.69, 9.17) is 27.0 Å². The van der Waals surface area contributed by atoms with Gasteiger partial charge in [-0.3, -0.25) is 33.5 Å². The van der Waals surface area contributed by atoms with Crippen LogP contribution in [0.25, 0.3) is 0 Å². The van der Waals surface area contributed by atoms with E-state index in [1.807, 2.05) is 0 Å². The normalized spacial score (nSPS) is 15.3. The molecule has 5 amide bonds. The maximum atomic E-state index is 13.2. The van der Waals surface area contributed by atoms with Gasteiger partial charge in [0.25, 0.3) is 29.5 Å². The molecule has 64 heavy (non-hydrogen) atoms. The molecule has 0 bridgehead atoms. The Morgan fingerprint density at radius 2 is 1.25 bits per heavy atom. The number of ether oxygens (including phenoxy) is 1. The largest absolute Gasteiger partial charge is 0.394 e. The molecular weight excluding hydrogens is 904 g/mol. The molecule has 0 saturated carbocycles. The van der Waals surface area contributed by atoms with Crippen molar-refractivity contribution in [1.82, 2.24) is 38.1 Å². The second kappa shape index (κ2) is 20.5. The molecule has 5 aromatic heterocycles. The standard InChI is InChI=1S/C30H35BrN12O5.C8H12N4O4/c1-16(31)25(44)36-17-9-22(41(3)12-17)27(46)38-19-11-24(43(5)14-19)29(48)39-20-10-23(42(4)15-20)28(47)37-18-8-21(40(2)13-18)26(45)34-6-7-35-30(32)33;9-7-10-3-12(8(15)11-7)6-1-4(14)5(2-13)16-6/h8-15H,1,6-7H2,2-5H3,(H,34,45)(H,36,44)(H,37,47)(H,38,46)(H,39,48)(H4,32,33,35);3-6,13-14H,1-2H2,(H2,9,11,15)/t;4-,5+,6+/m.0/s1. The zero-order valence-electron chi connectivity index (χ0n) is 34.9. The number of nitrogen functional groups attached to an aromatic ring is 1. The van der Waals surface area contributed by atoms with E-state index in [1.54, 1.807) is 71.2 Å². The third kappa shape index (κ3) is 11.9. The second-order valence-corrected chi connectivity index (χ2v) is 15.2. The molecule has 1 saturated heterocycles. The predicted octanol–water partition coefficient (Wildman–Crippen LogP) is -0.491. The van der Waals surface area contributed by atoms with Gasteiger partial charge in [-0.25, -0.2) is 9.78 Å². The summed E-state index contributed by atoms with van der Waals surface area (Å²) in [6.07, 6.45) is 5.59. The number of hydrogen-bond acceptors (Lipinski definition) is 13. The fourth-order valence-corrected chi connectivity index (χ4v) is 6.37. The van der Waals surface area contributed by atoms with Crippen LogP contribution in [0.3, 0.4) is 0 Å². The summed E-state index contributed by atoms with van der Waals surface area (Å²) in [6, 6.07) is 6.06. The number of halogens is 1. The number of carbonyl (C=O) groups excluding carboxylic acids is 5. The number of nitrogens with two attached hydrogens (primary N) is 3. The number of aliphatic hydroxyl groups is 2. The first kappa shape index (κ1) is 47.5. The summed E-state index contributed by atoms with van der Waals surface area (Å²) in [7, 11) is 6.62. The number of aliphatic hydroxyl groups excluding tert-OH is 2. The molecule has 25 nitrogen and oxygen atoms in total. The van der Waals surface area contributed by atoms with Crippen molar-refractivity contribution in [1.29, 1.82) is 0 Å². The van der Waals surface area contributed by atoms with Crippen molar-refractivity contribution in [2.24, 2.45) is 44.7 Å². The molecule has 0 aromatic carbocycles. The molecule has 3 atom stereocenters. The first-order valence-electron chi connectivity index (χ1n) is 19.0. The smallest absolute Gasteiger partial charge is 0.354 e. The van der Waals surface area contributed by atoms with E-state index >= 15 is 0 Å². The molecule has 1 aliphatic heterocycles. The summed E-state index contributed by atoms with van der Waals surface area (Å²) in [6.45, 7) is 3.67. The number of aliphatic imine (C=N–C) groups is 1. The fourth-order valence-electron chi connectivity index (χ4n) is 6.27. The number of guanidine groups is 1. The van der Waals surface area contributed by atoms with Crippen LogP contribution in [0.15, 0.2) is 76.2 Å². The van der Waals surface area contributed by atoms with Crippen LogP contribution in [0.4, 0.5) is 28.7 Å². The number of amides is 5. The molecule has 0 spiro atoms. The SMILES string of the molecule is C=C(Br)C(=O)Nc1cc(C(=O)Nc2cc(C(=O)Nc3cc(C(=O)Nc4cc(C(=O)NCCN=C(N)N)n(C)c4)n(C)c3)n(C)c2)n(C)c1.Nc1ncn([C@H]2C[C@H](O)[C@@H](CO)O2)c(=O)n1. The van der Waals surface area contributed by atoms with Gasteiger partial charge in [-0.15, -0.1) is 0 Å². The van der Waals surface area contributed by atoms with Crippen LogP contribution >= 0.6 is 15.9 Å². The Hall–Kier alpha value is -7.55. The highest BCUT2D eigenvalue weighted by Crippen LogP contribution is 2.27. The number of carbonyl (C=O) groups is 5.